The van der Waals surface area contributed by atoms with Crippen LogP contribution in [0.15, 0.2) is 24.4 Å². The molecule has 1 aromatic heterocycles. The molecular formula is C17H21NO2. The number of aromatic amines is 1. The Morgan fingerprint density at radius 3 is 2.90 bits per heavy atom. The molecule has 2 aromatic rings. The summed E-state index contributed by atoms with van der Waals surface area (Å²) in [5.41, 5.74) is 1.82. The average Bonchev–Trinajstić information content (AvgIpc) is 3.07. The quantitative estimate of drug-likeness (QED) is 0.822. The molecule has 1 aliphatic carbocycles. The number of ketones is 1. The number of ether oxygens (including phenoxy) is 1. The zero-order valence-corrected chi connectivity index (χ0v) is 11.9. The van der Waals surface area contributed by atoms with Crippen LogP contribution in [0.4, 0.5) is 0 Å². The number of H-pyrrole nitrogens is 1. The van der Waals surface area contributed by atoms with Gasteiger partial charge in [-0.3, -0.25) is 4.79 Å². The average molecular weight is 271 g/mol. The van der Waals surface area contributed by atoms with Gasteiger partial charge in [-0.25, -0.2) is 0 Å². The maximum atomic E-state index is 12.5. The molecule has 20 heavy (non-hydrogen) atoms. The fraction of sp³-hybridized carbons (Fsp3) is 0.471. The summed E-state index contributed by atoms with van der Waals surface area (Å²) in [7, 11) is 0. The smallest absolute Gasteiger partial charge is 0.165 e. The van der Waals surface area contributed by atoms with Crippen molar-refractivity contribution in [2.45, 2.75) is 39.0 Å². The van der Waals surface area contributed by atoms with Crippen LogP contribution >= 0.6 is 0 Å². The second-order valence-corrected chi connectivity index (χ2v) is 5.62. The fourth-order valence-corrected chi connectivity index (χ4v) is 3.17. The Bertz CT molecular complexity index is 608. The van der Waals surface area contributed by atoms with Gasteiger partial charge < -0.3 is 9.72 Å². The second-order valence-electron chi connectivity index (χ2n) is 5.62. The Kier molecular flexibility index (Phi) is 3.77. The van der Waals surface area contributed by atoms with Gasteiger partial charge in [0.05, 0.1) is 6.61 Å². The number of hydrogen-bond acceptors (Lipinski definition) is 2. The van der Waals surface area contributed by atoms with E-state index in [1.807, 2.05) is 31.3 Å². The molecule has 1 saturated carbocycles. The highest BCUT2D eigenvalue weighted by atomic mass is 16.5. The first-order valence-electron chi connectivity index (χ1n) is 7.55. The van der Waals surface area contributed by atoms with Crippen LogP contribution in [0.5, 0.6) is 5.75 Å². The molecule has 3 rings (SSSR count). The number of fused-ring (bicyclic) bond motifs is 1. The zero-order chi connectivity index (χ0) is 13.9. The number of carbonyl (C=O) groups is 1. The van der Waals surface area contributed by atoms with E-state index in [2.05, 4.69) is 4.98 Å². The van der Waals surface area contributed by atoms with E-state index in [9.17, 15) is 4.79 Å². The topological polar surface area (TPSA) is 42.1 Å². The van der Waals surface area contributed by atoms with Crippen LogP contribution in [0.1, 0.15) is 49.4 Å². The lowest BCUT2D eigenvalue weighted by molar-refractivity contribution is 0.0964. The molecule has 0 aliphatic heterocycles. The van der Waals surface area contributed by atoms with Crippen LogP contribution < -0.4 is 4.74 Å². The van der Waals surface area contributed by atoms with E-state index in [1.54, 1.807) is 0 Å². The third kappa shape index (κ3) is 2.58. The molecule has 0 radical (unpaired) electrons. The molecule has 1 fully saturated rings. The maximum Gasteiger partial charge on any atom is 0.165 e. The minimum atomic E-state index is 0.261. The first-order chi connectivity index (χ1) is 9.78. The first kappa shape index (κ1) is 13.2. The Hall–Kier alpha value is -1.77. The van der Waals surface area contributed by atoms with E-state index >= 15 is 0 Å². The van der Waals surface area contributed by atoms with Crippen molar-refractivity contribution in [3.63, 3.8) is 0 Å². The maximum absolute atomic E-state index is 12.5. The standard InChI is InChI=1S/C17H21NO2/c1-2-20-13-7-8-16-14(10-13)15(11-18-16)17(19)9-12-5-3-4-6-12/h7-8,10-12,18H,2-6,9H2,1H3. The first-order valence-corrected chi connectivity index (χ1v) is 7.55. The van der Waals surface area contributed by atoms with Gasteiger partial charge in [0, 0.05) is 29.1 Å². The lowest BCUT2D eigenvalue weighted by Crippen LogP contribution is -2.05. The summed E-state index contributed by atoms with van der Waals surface area (Å²) < 4.78 is 5.53. The van der Waals surface area contributed by atoms with Gasteiger partial charge in [-0.2, -0.15) is 0 Å². The van der Waals surface area contributed by atoms with Gasteiger partial charge in [-0.05, 0) is 31.0 Å². The monoisotopic (exact) mass is 271 g/mol. The lowest BCUT2D eigenvalue weighted by Gasteiger charge is -2.07. The lowest BCUT2D eigenvalue weighted by atomic mass is 9.97. The molecule has 0 saturated heterocycles. The van der Waals surface area contributed by atoms with Crippen LogP contribution in [0.25, 0.3) is 10.9 Å². The molecule has 0 unspecified atom stereocenters. The largest absolute Gasteiger partial charge is 0.494 e. The second kappa shape index (κ2) is 5.70. The summed E-state index contributed by atoms with van der Waals surface area (Å²) in [6.07, 6.45) is 7.50. The van der Waals surface area contributed by atoms with Crippen LogP contribution in [0.3, 0.4) is 0 Å². The summed E-state index contributed by atoms with van der Waals surface area (Å²) in [6.45, 7) is 2.61. The Morgan fingerprint density at radius 2 is 2.15 bits per heavy atom. The summed E-state index contributed by atoms with van der Waals surface area (Å²) in [5, 5.41) is 0.985. The van der Waals surface area contributed by atoms with E-state index in [0.717, 1.165) is 22.2 Å². The number of rotatable bonds is 5. The number of aromatic nitrogens is 1. The van der Waals surface area contributed by atoms with E-state index in [4.69, 9.17) is 4.74 Å². The van der Waals surface area contributed by atoms with Gasteiger partial charge in [0.15, 0.2) is 5.78 Å². The van der Waals surface area contributed by atoms with Crippen molar-refractivity contribution in [2.24, 2.45) is 5.92 Å². The van der Waals surface area contributed by atoms with Gasteiger partial charge >= 0.3 is 0 Å². The van der Waals surface area contributed by atoms with Crippen molar-refractivity contribution < 1.29 is 9.53 Å². The van der Waals surface area contributed by atoms with E-state index in [0.29, 0.717) is 18.9 Å². The number of benzene rings is 1. The normalized spacial score (nSPS) is 15.8. The summed E-state index contributed by atoms with van der Waals surface area (Å²) >= 11 is 0. The molecule has 1 aromatic carbocycles. The van der Waals surface area contributed by atoms with Crippen LogP contribution in [0, 0.1) is 5.92 Å². The number of nitrogens with one attached hydrogen (secondary N) is 1. The molecule has 0 bridgehead atoms. The Balaban J connectivity index is 1.85. The van der Waals surface area contributed by atoms with Gasteiger partial charge in [0.2, 0.25) is 0 Å². The fourth-order valence-electron chi connectivity index (χ4n) is 3.17. The molecular weight excluding hydrogens is 250 g/mol. The number of hydrogen-bond donors (Lipinski definition) is 1. The van der Waals surface area contributed by atoms with Gasteiger partial charge in [0.1, 0.15) is 5.75 Å². The number of carbonyl (C=O) groups excluding carboxylic acids is 1. The molecule has 106 valence electrons. The van der Waals surface area contributed by atoms with E-state index in [1.165, 1.54) is 25.7 Å². The van der Waals surface area contributed by atoms with Crippen molar-refractivity contribution >= 4 is 16.7 Å². The Labute approximate surface area is 119 Å². The van der Waals surface area contributed by atoms with E-state index in [-0.39, 0.29) is 5.78 Å². The molecule has 0 amide bonds. The third-order valence-corrected chi connectivity index (χ3v) is 4.21. The molecule has 1 N–H and O–H groups in total. The van der Waals surface area contributed by atoms with Crippen LogP contribution in [-0.2, 0) is 0 Å². The van der Waals surface area contributed by atoms with Crippen molar-refractivity contribution in [3.8, 4) is 5.75 Å². The zero-order valence-electron chi connectivity index (χ0n) is 11.9. The Morgan fingerprint density at radius 1 is 1.35 bits per heavy atom. The molecule has 0 spiro atoms. The summed E-state index contributed by atoms with van der Waals surface area (Å²) in [6, 6.07) is 5.89. The minimum absolute atomic E-state index is 0.261. The highest BCUT2D eigenvalue weighted by molar-refractivity contribution is 6.08. The van der Waals surface area contributed by atoms with Gasteiger partial charge in [0.25, 0.3) is 0 Å². The van der Waals surface area contributed by atoms with Crippen molar-refractivity contribution in [3.05, 3.63) is 30.0 Å². The molecule has 1 aliphatic rings. The molecule has 3 heteroatoms. The van der Waals surface area contributed by atoms with Crippen molar-refractivity contribution in [1.82, 2.24) is 4.98 Å². The van der Waals surface area contributed by atoms with Gasteiger partial charge in [-0.1, -0.05) is 25.7 Å². The van der Waals surface area contributed by atoms with Gasteiger partial charge in [-0.15, -0.1) is 0 Å². The highest BCUT2D eigenvalue weighted by Crippen LogP contribution is 2.31. The predicted octanol–water partition coefficient (Wildman–Crippen LogP) is 4.33. The van der Waals surface area contributed by atoms with Crippen LogP contribution in [0.2, 0.25) is 0 Å². The summed E-state index contributed by atoms with van der Waals surface area (Å²) in [5.74, 6) is 1.67. The third-order valence-electron chi connectivity index (χ3n) is 4.21. The van der Waals surface area contributed by atoms with E-state index < -0.39 is 0 Å². The SMILES string of the molecule is CCOc1ccc2[nH]cc(C(=O)CC3CCCC3)c2c1. The highest BCUT2D eigenvalue weighted by Gasteiger charge is 2.21. The van der Waals surface area contributed by atoms with Crippen molar-refractivity contribution in [2.75, 3.05) is 6.61 Å². The minimum Gasteiger partial charge on any atom is -0.494 e. The number of Topliss-reactive ketones (excluding diaryl/α,β-unsaturated/α-hetero) is 1. The molecule has 1 heterocycles. The summed E-state index contributed by atoms with van der Waals surface area (Å²) in [4.78, 5) is 15.7. The van der Waals surface area contributed by atoms with Crippen LogP contribution in [-0.4, -0.2) is 17.4 Å². The molecule has 3 nitrogen and oxygen atoms in total. The predicted molar refractivity (Wildman–Crippen MR) is 80.4 cm³/mol. The van der Waals surface area contributed by atoms with Crippen molar-refractivity contribution in [1.29, 1.82) is 0 Å². The molecule has 0 atom stereocenters.